The van der Waals surface area contributed by atoms with Gasteiger partial charge in [0.05, 0.1) is 5.75 Å². The number of nitrogens with one attached hydrogen (secondary N) is 2. The van der Waals surface area contributed by atoms with Crippen LogP contribution < -0.4 is 10.6 Å². The monoisotopic (exact) mass is 313 g/mol. The first-order chi connectivity index (χ1) is 9.70. The van der Waals surface area contributed by atoms with E-state index in [1.165, 1.54) is 21.0 Å². The van der Waals surface area contributed by atoms with E-state index in [2.05, 4.69) is 10.6 Å². The molecule has 8 heteroatoms. The predicted molar refractivity (Wildman–Crippen MR) is 81.5 cm³/mol. The zero-order valence-electron chi connectivity index (χ0n) is 12.2. The number of nitrogens with zero attached hydrogens (tertiary/aromatic N) is 1. The fourth-order valence-electron chi connectivity index (χ4n) is 1.47. The molecule has 2 amide bonds. The smallest absolute Gasteiger partial charge is 0.225 e. The van der Waals surface area contributed by atoms with E-state index in [1.807, 2.05) is 0 Å². The van der Waals surface area contributed by atoms with Crippen molar-refractivity contribution in [1.29, 1.82) is 0 Å². The number of benzene rings is 1. The Morgan fingerprint density at radius 2 is 1.52 bits per heavy atom. The van der Waals surface area contributed by atoms with Crippen LogP contribution in [0.3, 0.4) is 0 Å². The zero-order valence-corrected chi connectivity index (χ0v) is 13.0. The average Bonchev–Trinajstić information content (AvgIpc) is 2.38. The minimum Gasteiger partial charge on any atom is -0.326 e. The Labute approximate surface area is 124 Å². The molecular formula is C13H19N3O4S. The molecule has 0 fully saturated rings. The topological polar surface area (TPSA) is 95.6 Å². The van der Waals surface area contributed by atoms with Crippen molar-refractivity contribution in [2.75, 3.05) is 30.5 Å². The molecule has 0 saturated carbocycles. The Morgan fingerprint density at radius 3 is 1.95 bits per heavy atom. The average molecular weight is 313 g/mol. The van der Waals surface area contributed by atoms with Crippen molar-refractivity contribution >= 4 is 33.2 Å². The SMILES string of the molecule is CC(=O)Nc1ccc(NC(=O)CCS(=O)(=O)N(C)C)cc1. The van der Waals surface area contributed by atoms with Crippen LogP contribution in [0.1, 0.15) is 13.3 Å². The lowest BCUT2D eigenvalue weighted by Crippen LogP contribution is -2.27. The number of anilines is 2. The molecule has 1 rings (SSSR count). The molecule has 0 atom stereocenters. The second-order valence-electron chi connectivity index (χ2n) is 4.66. The van der Waals surface area contributed by atoms with E-state index in [9.17, 15) is 18.0 Å². The molecule has 1 aromatic rings. The van der Waals surface area contributed by atoms with Crippen LogP contribution in [0.5, 0.6) is 0 Å². The summed E-state index contributed by atoms with van der Waals surface area (Å²) < 4.78 is 24.2. The van der Waals surface area contributed by atoms with E-state index >= 15 is 0 Å². The lowest BCUT2D eigenvalue weighted by Gasteiger charge is -2.11. The molecule has 0 aliphatic rings. The molecule has 0 saturated heterocycles. The van der Waals surface area contributed by atoms with E-state index in [4.69, 9.17) is 0 Å². The van der Waals surface area contributed by atoms with Gasteiger partial charge >= 0.3 is 0 Å². The largest absolute Gasteiger partial charge is 0.326 e. The van der Waals surface area contributed by atoms with Gasteiger partial charge < -0.3 is 10.6 Å². The molecular weight excluding hydrogens is 294 g/mol. The molecule has 2 N–H and O–H groups in total. The molecule has 0 bridgehead atoms. The quantitative estimate of drug-likeness (QED) is 0.814. The number of hydrogen-bond donors (Lipinski definition) is 2. The third-order valence-corrected chi connectivity index (χ3v) is 4.47. The second kappa shape index (κ2) is 7.19. The van der Waals surface area contributed by atoms with Gasteiger partial charge in [0.2, 0.25) is 21.8 Å². The summed E-state index contributed by atoms with van der Waals surface area (Å²) in [5.74, 6) is -0.802. The summed E-state index contributed by atoms with van der Waals surface area (Å²) in [5, 5.41) is 5.21. The van der Waals surface area contributed by atoms with E-state index in [0.29, 0.717) is 11.4 Å². The number of rotatable bonds is 6. The summed E-state index contributed by atoms with van der Waals surface area (Å²) in [7, 11) is -0.532. The van der Waals surface area contributed by atoms with Crippen molar-refractivity contribution in [2.24, 2.45) is 0 Å². The molecule has 116 valence electrons. The van der Waals surface area contributed by atoms with Crippen LogP contribution in [0.2, 0.25) is 0 Å². The molecule has 21 heavy (non-hydrogen) atoms. The van der Waals surface area contributed by atoms with Crippen LogP contribution in [0, 0.1) is 0 Å². The summed E-state index contributed by atoms with van der Waals surface area (Å²) in [4.78, 5) is 22.5. The lowest BCUT2D eigenvalue weighted by molar-refractivity contribution is -0.116. The molecule has 0 aliphatic heterocycles. The van der Waals surface area contributed by atoms with Gasteiger partial charge in [0.25, 0.3) is 0 Å². The summed E-state index contributed by atoms with van der Waals surface area (Å²) in [5.41, 5.74) is 1.16. The summed E-state index contributed by atoms with van der Waals surface area (Å²) >= 11 is 0. The number of hydrogen-bond acceptors (Lipinski definition) is 4. The Balaban J connectivity index is 2.54. The van der Waals surface area contributed by atoms with E-state index in [-0.39, 0.29) is 24.0 Å². The minimum atomic E-state index is -3.38. The zero-order chi connectivity index (χ0) is 16.0. The Bertz CT molecular complexity index is 609. The Kier molecular flexibility index (Phi) is 5.86. The molecule has 0 unspecified atom stereocenters. The third kappa shape index (κ3) is 5.92. The van der Waals surface area contributed by atoms with Crippen molar-refractivity contribution in [3.63, 3.8) is 0 Å². The summed E-state index contributed by atoms with van der Waals surface area (Å²) in [6.07, 6.45) is -0.117. The first kappa shape index (κ1) is 17.1. The Hall–Kier alpha value is -1.93. The van der Waals surface area contributed by atoms with E-state index in [0.717, 1.165) is 4.31 Å². The van der Waals surface area contributed by atoms with Crippen LogP contribution in [-0.4, -0.2) is 44.4 Å². The maximum Gasteiger partial charge on any atom is 0.225 e. The first-order valence-corrected chi connectivity index (χ1v) is 7.89. The molecule has 0 heterocycles. The van der Waals surface area contributed by atoms with Gasteiger partial charge in [-0.2, -0.15) is 0 Å². The number of carbonyl (C=O) groups excluding carboxylic acids is 2. The summed E-state index contributed by atoms with van der Waals surface area (Å²) in [6, 6.07) is 6.55. The van der Waals surface area contributed by atoms with Crippen molar-refractivity contribution in [1.82, 2.24) is 4.31 Å². The minimum absolute atomic E-state index is 0.117. The van der Waals surface area contributed by atoms with Gasteiger partial charge in [-0.15, -0.1) is 0 Å². The normalized spacial score (nSPS) is 11.2. The fraction of sp³-hybridized carbons (Fsp3) is 0.385. The van der Waals surface area contributed by atoms with Gasteiger partial charge in [-0.25, -0.2) is 12.7 Å². The van der Waals surface area contributed by atoms with Crippen LogP contribution in [-0.2, 0) is 19.6 Å². The van der Waals surface area contributed by atoms with Gasteiger partial charge in [-0.05, 0) is 24.3 Å². The maximum atomic E-state index is 11.7. The molecule has 1 aromatic carbocycles. The van der Waals surface area contributed by atoms with Gasteiger partial charge in [-0.1, -0.05) is 0 Å². The molecule has 0 aliphatic carbocycles. The molecule has 0 radical (unpaired) electrons. The van der Waals surface area contributed by atoms with Crippen molar-refractivity contribution < 1.29 is 18.0 Å². The number of sulfonamides is 1. The number of carbonyl (C=O) groups is 2. The van der Waals surface area contributed by atoms with Gasteiger partial charge in [-0.3, -0.25) is 9.59 Å². The van der Waals surface area contributed by atoms with E-state index in [1.54, 1.807) is 24.3 Å². The molecule has 7 nitrogen and oxygen atoms in total. The van der Waals surface area contributed by atoms with Crippen LogP contribution in [0.25, 0.3) is 0 Å². The fourth-order valence-corrected chi connectivity index (χ4v) is 2.28. The highest BCUT2D eigenvalue weighted by molar-refractivity contribution is 7.89. The van der Waals surface area contributed by atoms with E-state index < -0.39 is 10.0 Å². The van der Waals surface area contributed by atoms with Gasteiger partial charge in [0, 0.05) is 38.8 Å². The number of amides is 2. The lowest BCUT2D eigenvalue weighted by atomic mass is 10.2. The summed E-state index contributed by atoms with van der Waals surface area (Å²) in [6.45, 7) is 1.40. The van der Waals surface area contributed by atoms with Crippen molar-refractivity contribution in [3.05, 3.63) is 24.3 Å². The van der Waals surface area contributed by atoms with Crippen LogP contribution >= 0.6 is 0 Å². The Morgan fingerprint density at radius 1 is 1.05 bits per heavy atom. The standard InChI is InChI=1S/C13H19N3O4S/c1-10(17)14-11-4-6-12(7-5-11)15-13(18)8-9-21(19,20)16(2)3/h4-7H,8-9H2,1-3H3,(H,14,17)(H,15,18). The van der Waals surface area contributed by atoms with Crippen LogP contribution in [0.15, 0.2) is 24.3 Å². The van der Waals surface area contributed by atoms with Crippen LogP contribution in [0.4, 0.5) is 11.4 Å². The van der Waals surface area contributed by atoms with Gasteiger partial charge in [0.1, 0.15) is 0 Å². The maximum absolute atomic E-state index is 11.7. The van der Waals surface area contributed by atoms with Crippen molar-refractivity contribution in [3.8, 4) is 0 Å². The second-order valence-corrected chi connectivity index (χ2v) is 6.96. The molecule has 0 aromatic heterocycles. The first-order valence-electron chi connectivity index (χ1n) is 6.28. The van der Waals surface area contributed by atoms with Crippen molar-refractivity contribution in [2.45, 2.75) is 13.3 Å². The highest BCUT2D eigenvalue weighted by Gasteiger charge is 2.15. The molecule has 0 spiro atoms. The highest BCUT2D eigenvalue weighted by atomic mass is 32.2. The predicted octanol–water partition coefficient (Wildman–Crippen LogP) is 0.865. The third-order valence-electron chi connectivity index (χ3n) is 2.63. The van der Waals surface area contributed by atoms with Gasteiger partial charge in [0.15, 0.2) is 0 Å². The highest BCUT2D eigenvalue weighted by Crippen LogP contribution is 2.13.